The first-order valence-corrected chi connectivity index (χ1v) is 48.8. The van der Waals surface area contributed by atoms with Crippen LogP contribution >= 0.6 is 0 Å². The molecule has 0 unspecified atom stereocenters. The third kappa shape index (κ3) is 20.0. The van der Waals surface area contributed by atoms with Crippen LogP contribution < -0.4 is 0 Å². The molecule has 0 amide bonds. The molecule has 0 saturated carbocycles. The molecule has 0 spiro atoms. The molecule has 0 fully saturated rings. The maximum atomic E-state index is 4.89. The molecule has 696 valence electrons. The van der Waals surface area contributed by atoms with Gasteiger partial charge in [0.05, 0.1) is 50.2 Å². The van der Waals surface area contributed by atoms with Crippen LogP contribution in [0.25, 0.3) is 218 Å². The molecule has 15 heteroatoms. The van der Waals surface area contributed by atoms with Crippen molar-refractivity contribution in [3.05, 3.63) is 527 Å². The highest BCUT2D eigenvalue weighted by atomic mass is 15.1. The van der Waals surface area contributed by atoms with Crippen LogP contribution in [0.4, 0.5) is 0 Å². The van der Waals surface area contributed by atoms with E-state index in [9.17, 15) is 0 Å². The summed E-state index contributed by atoms with van der Waals surface area (Å²) in [7, 11) is 0. The minimum Gasteiger partial charge on any atom is -0.294 e. The zero-order valence-electron chi connectivity index (χ0n) is 81.1. The van der Waals surface area contributed by atoms with Gasteiger partial charge in [-0.1, -0.05) is 443 Å². The fourth-order valence-corrected chi connectivity index (χ4v) is 18.9. The average Bonchev–Trinajstić information content (AvgIpc) is 1.58. The van der Waals surface area contributed by atoms with Gasteiger partial charge in [-0.05, 0) is 133 Å². The van der Waals surface area contributed by atoms with Gasteiger partial charge >= 0.3 is 0 Å². The highest BCUT2D eigenvalue weighted by molar-refractivity contribution is 6.11. The molecule has 0 aliphatic heterocycles. The summed E-state index contributed by atoms with van der Waals surface area (Å²) in [4.78, 5) is 56.1. The van der Waals surface area contributed by atoms with E-state index in [1.165, 1.54) is 88.0 Å². The van der Waals surface area contributed by atoms with Crippen molar-refractivity contribution >= 4 is 65.4 Å². The largest absolute Gasteiger partial charge is 0.294 e. The van der Waals surface area contributed by atoms with Crippen LogP contribution in [-0.2, 0) is 0 Å². The second-order valence-corrected chi connectivity index (χ2v) is 35.6. The van der Waals surface area contributed by atoms with Crippen LogP contribution in [0.5, 0.6) is 0 Å². The summed E-state index contributed by atoms with van der Waals surface area (Å²) in [6.45, 7) is 9.67. The van der Waals surface area contributed by atoms with Gasteiger partial charge in [0.2, 0.25) is 0 Å². The zero-order valence-corrected chi connectivity index (χ0v) is 81.1. The molecule has 8 aromatic heterocycles. The van der Waals surface area contributed by atoms with Crippen LogP contribution in [-0.4, -0.2) is 73.5 Å². The van der Waals surface area contributed by atoms with Gasteiger partial charge in [0.1, 0.15) is 46.6 Å². The van der Waals surface area contributed by atoms with E-state index in [-0.39, 0.29) is 0 Å². The lowest BCUT2D eigenvalue weighted by Gasteiger charge is -2.12. The summed E-state index contributed by atoms with van der Waals surface area (Å²) in [6, 6.07) is 171. The zero-order chi connectivity index (χ0) is 98.6. The second kappa shape index (κ2) is 42.0. The van der Waals surface area contributed by atoms with Crippen molar-refractivity contribution in [2.45, 2.75) is 34.6 Å². The van der Waals surface area contributed by atoms with Gasteiger partial charge in [0.25, 0.3) is 0 Å². The van der Waals surface area contributed by atoms with Crippen molar-refractivity contribution in [3.63, 3.8) is 0 Å². The summed E-state index contributed by atoms with van der Waals surface area (Å²) in [6.07, 6.45) is 0. The molecule has 8 heterocycles. The fraction of sp³-hybridized carbons (Fsp3) is 0.0382. The van der Waals surface area contributed by atoms with Crippen LogP contribution in [0.2, 0.25) is 0 Å². The Balaban J connectivity index is 0.000000104. The highest BCUT2D eigenvalue weighted by Crippen LogP contribution is 2.39. The van der Waals surface area contributed by atoms with Crippen LogP contribution in [0.15, 0.2) is 497 Å². The Kier molecular flexibility index (Phi) is 26.4. The van der Waals surface area contributed by atoms with Crippen LogP contribution in [0, 0.1) is 34.6 Å². The maximum Gasteiger partial charge on any atom is 0.163 e. The van der Waals surface area contributed by atoms with E-state index in [4.69, 9.17) is 19.9 Å². The van der Waals surface area contributed by atoms with Gasteiger partial charge in [-0.25, -0.2) is 59.8 Å². The van der Waals surface area contributed by atoms with Crippen molar-refractivity contribution in [1.29, 1.82) is 0 Å². The number of benzene rings is 18. The standard InChI is InChI=1S/C29H20N4.C29H22N2.C28H21N3.C23H17N3.C22H17N3/c1-19-30-28(32-24-14-6-2-10-20(24)21-11-3-7-15-25(21)32)18-29(31-19)33-26-16-8-4-12-22(26)23-13-5-9-17-27(23)33;1-21-30-28(26-16-12-24(13-17-26)22-8-4-2-5-9-22)20-29(31-21)27-18-14-25(15-19-27)23-10-6-3-7-11-23;1-20-29-27(25-16-12-23(13-17-25)21-8-4-2-5-9-21)31-28(30-20)26-18-14-24(15-19-26)22-10-6-3-7-11-22;1-16-24-20(17-9-3-2-4-10-17)15-23(25-16)26-21-13-7-5-11-18(21)19-12-6-8-14-22(19)26;1-16-23-21(19-10-6-3-7-11-19)25-22(24-16)20-14-12-18(13-15-20)17-8-4-2-5-9-17/h2-18H,1H3;2-20H,1H3;2-19H,1H3;2-15H,1H3;2-15H,1H3. The second-order valence-electron chi connectivity index (χ2n) is 35.6. The smallest absolute Gasteiger partial charge is 0.163 e. The molecule has 0 aliphatic rings. The van der Waals surface area contributed by atoms with E-state index < -0.39 is 0 Å². The first-order chi connectivity index (χ1) is 71.9. The Morgan fingerprint density at radius 2 is 0.281 bits per heavy atom. The molecule has 0 atom stereocenters. The predicted molar refractivity (Wildman–Crippen MR) is 598 cm³/mol. The molecule has 0 N–H and O–H groups in total. The molecule has 146 heavy (non-hydrogen) atoms. The van der Waals surface area contributed by atoms with Crippen molar-refractivity contribution < 1.29 is 0 Å². The lowest BCUT2D eigenvalue weighted by molar-refractivity contribution is 0.940. The van der Waals surface area contributed by atoms with Gasteiger partial charge in [0, 0.05) is 83.4 Å². The summed E-state index contributed by atoms with van der Waals surface area (Å²) in [5.74, 6) is 9.13. The first-order valence-electron chi connectivity index (χ1n) is 48.8. The number of para-hydroxylation sites is 6. The Morgan fingerprint density at radius 3 is 0.534 bits per heavy atom. The number of fused-ring (bicyclic) bond motifs is 9. The van der Waals surface area contributed by atoms with Crippen molar-refractivity contribution in [3.8, 4) is 152 Å². The minimum atomic E-state index is 0.689. The van der Waals surface area contributed by atoms with Crippen molar-refractivity contribution in [2.75, 3.05) is 0 Å². The molecule has 15 nitrogen and oxygen atoms in total. The summed E-state index contributed by atoms with van der Waals surface area (Å²) < 4.78 is 6.72. The number of nitrogens with zero attached hydrogens (tertiary/aromatic N) is 15. The molecular formula is C131H97N15. The molecule has 26 aromatic rings. The van der Waals surface area contributed by atoms with E-state index in [0.717, 1.165) is 130 Å². The quantitative estimate of drug-likeness (QED) is 0.0953. The summed E-state index contributed by atoms with van der Waals surface area (Å²) >= 11 is 0. The number of rotatable bonds is 15. The fourth-order valence-electron chi connectivity index (χ4n) is 18.9. The highest BCUT2D eigenvalue weighted by Gasteiger charge is 2.22. The van der Waals surface area contributed by atoms with Crippen molar-refractivity contribution in [2.24, 2.45) is 0 Å². The Labute approximate surface area is 846 Å². The predicted octanol–water partition coefficient (Wildman–Crippen LogP) is 32.0. The molecular weight excluding hydrogens is 1780 g/mol. The summed E-state index contributed by atoms with van der Waals surface area (Å²) in [5, 5.41) is 7.37. The van der Waals surface area contributed by atoms with Crippen LogP contribution in [0.3, 0.4) is 0 Å². The van der Waals surface area contributed by atoms with Gasteiger partial charge < -0.3 is 0 Å². The minimum absolute atomic E-state index is 0.689. The van der Waals surface area contributed by atoms with Gasteiger partial charge in [-0.3, -0.25) is 13.7 Å². The Hall–Kier alpha value is -19.4. The van der Waals surface area contributed by atoms with E-state index in [2.05, 4.69) is 436 Å². The number of hydrogen-bond donors (Lipinski definition) is 0. The van der Waals surface area contributed by atoms with E-state index in [0.29, 0.717) is 29.1 Å². The van der Waals surface area contributed by atoms with E-state index in [1.54, 1.807) is 0 Å². The Bertz CT molecular complexity index is 8380. The summed E-state index contributed by atoms with van der Waals surface area (Å²) in [5.41, 5.74) is 28.9. The van der Waals surface area contributed by atoms with E-state index >= 15 is 0 Å². The SMILES string of the molecule is Cc1nc(-c2ccc(-c3ccccc3)cc2)cc(-c2ccc(-c3ccccc3)cc2)n1.Cc1nc(-c2ccc(-c3ccccc3)cc2)nc(-c2ccc(-c3ccccc3)cc2)n1.Cc1nc(-c2ccccc2)cc(-n2c3ccccc3c3ccccc32)n1.Cc1nc(-c2ccccc2)nc(-c2ccc(-c3ccccc3)cc2)n1.Cc1nc(-n2c3ccccc3c3ccccc32)cc(-n2c3ccccc3c3ccccc32)n1. The average molecular weight is 1880 g/mol. The number of aryl methyl sites for hydroxylation is 5. The molecule has 18 aromatic carbocycles. The molecule has 26 rings (SSSR count). The molecule has 0 radical (unpaired) electrons. The van der Waals surface area contributed by atoms with E-state index in [1.807, 2.05) is 150 Å². The number of aromatic nitrogens is 15. The topological polar surface area (TPSA) is 169 Å². The van der Waals surface area contributed by atoms with Crippen molar-refractivity contribution in [1.82, 2.24) is 73.5 Å². The van der Waals surface area contributed by atoms with Gasteiger partial charge in [-0.15, -0.1) is 0 Å². The van der Waals surface area contributed by atoms with Crippen LogP contribution in [0.1, 0.15) is 29.1 Å². The Morgan fingerprint density at radius 1 is 0.123 bits per heavy atom. The van der Waals surface area contributed by atoms with Gasteiger partial charge in [0.15, 0.2) is 23.3 Å². The third-order valence-corrected chi connectivity index (χ3v) is 25.8. The lowest BCUT2D eigenvalue weighted by atomic mass is 10.0. The monoisotopic (exact) mass is 1880 g/mol. The van der Waals surface area contributed by atoms with Gasteiger partial charge in [-0.2, -0.15) is 0 Å². The molecule has 0 saturated heterocycles. The first kappa shape index (κ1) is 91.7. The maximum absolute atomic E-state index is 4.89. The normalized spacial score (nSPS) is 11.0. The third-order valence-electron chi connectivity index (χ3n) is 25.8. The number of hydrogen-bond acceptors (Lipinski definition) is 12. The lowest BCUT2D eigenvalue weighted by Crippen LogP contribution is -2.06. The molecule has 0 aliphatic carbocycles. The molecule has 0 bridgehead atoms.